The highest BCUT2D eigenvalue weighted by atomic mass is 32.2. The molecule has 0 amide bonds. The largest absolute Gasteiger partial charge is 0.251 e. The van der Waals surface area contributed by atoms with Gasteiger partial charge in [0.2, 0.25) is 0 Å². The van der Waals surface area contributed by atoms with Crippen LogP contribution in [0.1, 0.15) is 0 Å². The molecular formula is C4H5FN3S. The molecule has 0 saturated carbocycles. The highest BCUT2D eigenvalue weighted by molar-refractivity contribution is 8.13. The van der Waals surface area contributed by atoms with E-state index in [-0.39, 0.29) is 5.34 Å². The van der Waals surface area contributed by atoms with Crippen LogP contribution in [0.4, 0.5) is 4.48 Å². The lowest BCUT2D eigenvalue weighted by atomic mass is 10.6. The second kappa shape index (κ2) is 2.72. The molecule has 5 heteroatoms. The zero-order chi connectivity index (χ0) is 6.69. The van der Waals surface area contributed by atoms with Crippen LogP contribution in [0, 0.1) is 6.20 Å². The van der Waals surface area contributed by atoms with Crippen molar-refractivity contribution in [2.75, 3.05) is 6.26 Å². The SMILES string of the molecule is CSC1=NN(F)N[C]=C1. The molecule has 0 aromatic carbocycles. The Balaban J connectivity index is 2.59. The summed E-state index contributed by atoms with van der Waals surface area (Å²) in [6.45, 7) is 0. The third-order valence-corrected chi connectivity index (χ3v) is 1.37. The molecule has 0 atom stereocenters. The van der Waals surface area contributed by atoms with Gasteiger partial charge in [0.1, 0.15) is 5.04 Å². The van der Waals surface area contributed by atoms with Gasteiger partial charge in [-0.3, -0.25) is 5.43 Å². The van der Waals surface area contributed by atoms with E-state index < -0.39 is 0 Å². The molecule has 1 heterocycles. The van der Waals surface area contributed by atoms with Crippen LogP contribution in [0.25, 0.3) is 0 Å². The molecular weight excluding hydrogens is 141 g/mol. The van der Waals surface area contributed by atoms with E-state index in [1.807, 2.05) is 6.26 Å². The van der Waals surface area contributed by atoms with Gasteiger partial charge in [0, 0.05) is 0 Å². The minimum absolute atomic E-state index is 0.117. The Kier molecular flexibility index (Phi) is 1.94. The first kappa shape index (κ1) is 6.41. The van der Waals surface area contributed by atoms with Gasteiger partial charge < -0.3 is 0 Å². The van der Waals surface area contributed by atoms with Crippen LogP contribution in [-0.2, 0) is 0 Å². The lowest BCUT2D eigenvalue weighted by Gasteiger charge is -2.09. The fourth-order valence-corrected chi connectivity index (χ4v) is 0.718. The molecule has 0 spiro atoms. The van der Waals surface area contributed by atoms with Gasteiger partial charge in [-0.05, 0) is 17.7 Å². The summed E-state index contributed by atoms with van der Waals surface area (Å²) in [6.07, 6.45) is 5.85. The minimum Gasteiger partial charge on any atom is -0.251 e. The van der Waals surface area contributed by atoms with Crippen molar-refractivity contribution in [3.63, 3.8) is 0 Å². The zero-order valence-corrected chi connectivity index (χ0v) is 5.57. The van der Waals surface area contributed by atoms with Gasteiger partial charge in [0.15, 0.2) is 0 Å². The molecule has 1 N–H and O–H groups in total. The number of nitrogens with zero attached hydrogens (tertiary/aromatic N) is 2. The molecule has 1 aliphatic rings. The molecule has 49 valence electrons. The summed E-state index contributed by atoms with van der Waals surface area (Å²) in [4.78, 5) is 0. The van der Waals surface area contributed by atoms with E-state index in [1.165, 1.54) is 11.8 Å². The maximum atomic E-state index is 12.1. The van der Waals surface area contributed by atoms with Crippen molar-refractivity contribution >= 4 is 16.8 Å². The monoisotopic (exact) mass is 146 g/mol. The normalized spacial score (nSPS) is 17.1. The van der Waals surface area contributed by atoms with Crippen LogP contribution in [0.2, 0.25) is 0 Å². The lowest BCUT2D eigenvalue weighted by Crippen LogP contribution is -2.25. The Bertz CT molecular complexity index is 156. The quantitative estimate of drug-likeness (QED) is 0.509. The van der Waals surface area contributed by atoms with Crippen molar-refractivity contribution in [3.8, 4) is 0 Å². The molecule has 0 bridgehead atoms. The predicted molar refractivity (Wildman–Crippen MR) is 34.8 cm³/mol. The number of hydrogen-bond donors (Lipinski definition) is 1. The van der Waals surface area contributed by atoms with Gasteiger partial charge in [-0.1, -0.05) is 4.48 Å². The molecule has 1 radical (unpaired) electrons. The topological polar surface area (TPSA) is 27.6 Å². The van der Waals surface area contributed by atoms with Crippen LogP contribution < -0.4 is 5.43 Å². The number of thioether (sulfide) groups is 1. The van der Waals surface area contributed by atoms with Gasteiger partial charge in [0.05, 0.1) is 6.20 Å². The van der Waals surface area contributed by atoms with Crippen LogP contribution in [0.15, 0.2) is 11.2 Å². The summed E-state index contributed by atoms with van der Waals surface area (Å²) in [7, 11) is 0. The molecule has 0 saturated heterocycles. The van der Waals surface area contributed by atoms with Crippen LogP contribution in [-0.4, -0.2) is 16.6 Å². The minimum atomic E-state index is 0.117. The highest BCUT2D eigenvalue weighted by Gasteiger charge is 2.01. The summed E-state index contributed by atoms with van der Waals surface area (Å²) in [5.74, 6) is 0. The molecule has 1 rings (SSSR count). The Morgan fingerprint density at radius 3 is 3.22 bits per heavy atom. The molecule has 0 fully saturated rings. The van der Waals surface area contributed by atoms with Crippen molar-refractivity contribution in [1.82, 2.24) is 10.8 Å². The molecule has 9 heavy (non-hydrogen) atoms. The van der Waals surface area contributed by atoms with Gasteiger partial charge in [-0.2, -0.15) is 0 Å². The first-order valence-corrected chi connectivity index (χ1v) is 3.48. The van der Waals surface area contributed by atoms with Crippen LogP contribution >= 0.6 is 11.8 Å². The third-order valence-electron chi connectivity index (χ3n) is 0.748. The Morgan fingerprint density at radius 1 is 2.00 bits per heavy atom. The van der Waals surface area contributed by atoms with Crippen LogP contribution in [0.5, 0.6) is 0 Å². The van der Waals surface area contributed by atoms with Crippen LogP contribution in [0.3, 0.4) is 0 Å². The second-order valence-corrected chi connectivity index (χ2v) is 2.13. The predicted octanol–water partition coefficient (Wildman–Crippen LogP) is 0.684. The van der Waals surface area contributed by atoms with Gasteiger partial charge >= 0.3 is 0 Å². The maximum Gasteiger partial charge on any atom is 0.123 e. The first-order valence-electron chi connectivity index (χ1n) is 2.26. The smallest absolute Gasteiger partial charge is 0.123 e. The number of hydrogen-bond acceptors (Lipinski definition) is 4. The molecule has 0 aromatic rings. The fourth-order valence-electron chi connectivity index (χ4n) is 0.387. The van der Waals surface area contributed by atoms with Crippen molar-refractivity contribution in [2.45, 2.75) is 0 Å². The van der Waals surface area contributed by atoms with Crippen molar-refractivity contribution in [1.29, 1.82) is 0 Å². The summed E-state index contributed by atoms with van der Waals surface area (Å²) < 4.78 is 12.1. The van der Waals surface area contributed by atoms with Crippen molar-refractivity contribution in [3.05, 3.63) is 12.3 Å². The summed E-state index contributed by atoms with van der Waals surface area (Å²) in [5, 5.41) is 4.13. The Morgan fingerprint density at radius 2 is 2.78 bits per heavy atom. The second-order valence-electron chi connectivity index (χ2n) is 1.30. The number of hydrazine groups is 1. The van der Waals surface area contributed by atoms with E-state index in [1.54, 1.807) is 6.08 Å². The first-order chi connectivity index (χ1) is 4.33. The molecule has 0 unspecified atom stereocenters. The van der Waals surface area contributed by atoms with Gasteiger partial charge in [-0.15, -0.1) is 16.9 Å². The highest BCUT2D eigenvalue weighted by Crippen LogP contribution is 2.04. The molecule has 3 nitrogen and oxygen atoms in total. The fraction of sp³-hybridized carbons (Fsp3) is 0.250. The van der Waals surface area contributed by atoms with E-state index in [0.29, 0.717) is 5.04 Å². The van der Waals surface area contributed by atoms with Gasteiger partial charge in [-0.25, -0.2) is 0 Å². The van der Waals surface area contributed by atoms with Crippen molar-refractivity contribution in [2.24, 2.45) is 5.10 Å². The summed E-state index contributed by atoms with van der Waals surface area (Å²) in [6, 6.07) is 0. The standard InChI is InChI=1S/C4H5FN3S/c1-9-4-2-3-6-8(5)7-4/h2,6H,1H3. The Hall–Kier alpha value is -0.710. The average molecular weight is 146 g/mol. The van der Waals surface area contributed by atoms with E-state index in [0.717, 1.165) is 0 Å². The number of halogens is 1. The maximum absolute atomic E-state index is 12.1. The number of hydrazone groups is 1. The summed E-state index contributed by atoms with van der Waals surface area (Å²) >= 11 is 1.36. The molecule has 0 aliphatic carbocycles. The van der Waals surface area contributed by atoms with Gasteiger partial charge in [0.25, 0.3) is 0 Å². The lowest BCUT2D eigenvalue weighted by molar-refractivity contribution is -0.0164. The number of nitrogens with one attached hydrogen (secondary N) is 1. The molecule has 1 aliphatic heterocycles. The van der Waals surface area contributed by atoms with E-state index in [9.17, 15) is 4.48 Å². The van der Waals surface area contributed by atoms with Crippen molar-refractivity contribution < 1.29 is 4.48 Å². The average Bonchev–Trinajstić information content (AvgIpc) is 1.88. The summed E-state index contributed by atoms with van der Waals surface area (Å²) in [5.41, 5.74) is 2.11. The number of rotatable bonds is 0. The third kappa shape index (κ3) is 1.60. The van der Waals surface area contributed by atoms with E-state index in [4.69, 9.17) is 0 Å². The van der Waals surface area contributed by atoms with E-state index >= 15 is 0 Å². The van der Waals surface area contributed by atoms with E-state index in [2.05, 4.69) is 16.7 Å². The Labute approximate surface area is 56.5 Å². The molecule has 0 aromatic heterocycles. The zero-order valence-electron chi connectivity index (χ0n) is 4.76.